The normalized spacial score (nSPS) is 28.7. The molecule has 1 aliphatic carbocycles. The number of rotatable bonds is 3. The van der Waals surface area contributed by atoms with Crippen LogP contribution in [-0.2, 0) is 9.59 Å². The molecule has 0 saturated carbocycles. The lowest BCUT2D eigenvalue weighted by Gasteiger charge is -2.39. The third-order valence-electron chi connectivity index (χ3n) is 6.53. The van der Waals surface area contributed by atoms with E-state index in [2.05, 4.69) is 31.2 Å². The fourth-order valence-electron chi connectivity index (χ4n) is 5.25. The van der Waals surface area contributed by atoms with Crippen molar-refractivity contribution in [2.45, 2.75) is 38.2 Å². The molecule has 0 aromatic heterocycles. The lowest BCUT2D eigenvalue weighted by Crippen LogP contribution is -2.49. The first-order valence-electron chi connectivity index (χ1n) is 9.81. The fourth-order valence-corrected chi connectivity index (χ4v) is 5.25. The van der Waals surface area contributed by atoms with Crippen molar-refractivity contribution in [3.8, 4) is 5.75 Å². The van der Waals surface area contributed by atoms with E-state index in [1.54, 1.807) is 7.05 Å². The van der Waals surface area contributed by atoms with Gasteiger partial charge in [0, 0.05) is 18.2 Å². The lowest BCUT2D eigenvalue weighted by molar-refractivity contribution is -0.139. The molecule has 2 aromatic carbocycles. The SMILES string of the molecule is CCCC[C@]12Oc3ccc4ccccc4c3C1=CC[C@H]1C(=O)N(C)C(=O)[C@H]12. The minimum Gasteiger partial charge on any atom is -0.481 e. The van der Waals surface area contributed by atoms with E-state index in [1.807, 2.05) is 18.2 Å². The Hall–Kier alpha value is -2.62. The van der Waals surface area contributed by atoms with Gasteiger partial charge in [-0.1, -0.05) is 49.8 Å². The number of fused-ring (bicyclic) bond motifs is 7. The van der Waals surface area contributed by atoms with Gasteiger partial charge in [-0.15, -0.1) is 0 Å². The number of allylic oxidation sites excluding steroid dienone is 1. The summed E-state index contributed by atoms with van der Waals surface area (Å²) in [7, 11) is 1.60. The lowest BCUT2D eigenvalue weighted by atomic mass is 9.66. The average Bonchev–Trinajstić information content (AvgIpc) is 3.14. The number of benzene rings is 2. The molecule has 2 aromatic rings. The molecule has 138 valence electrons. The highest BCUT2D eigenvalue weighted by Gasteiger charge is 2.63. The molecule has 2 aliphatic heterocycles. The van der Waals surface area contributed by atoms with Gasteiger partial charge in [0.15, 0.2) is 0 Å². The zero-order valence-corrected chi connectivity index (χ0v) is 15.7. The van der Waals surface area contributed by atoms with Crippen LogP contribution in [0.4, 0.5) is 0 Å². The van der Waals surface area contributed by atoms with Gasteiger partial charge < -0.3 is 4.74 Å². The number of amides is 2. The summed E-state index contributed by atoms with van der Waals surface area (Å²) in [5.41, 5.74) is 1.50. The van der Waals surface area contributed by atoms with Gasteiger partial charge in [-0.2, -0.15) is 0 Å². The molecule has 0 N–H and O–H groups in total. The number of likely N-dealkylation sites (tertiary alicyclic amines) is 1. The molecule has 1 saturated heterocycles. The molecule has 5 rings (SSSR count). The topological polar surface area (TPSA) is 46.6 Å². The van der Waals surface area contributed by atoms with Crippen molar-refractivity contribution in [1.29, 1.82) is 0 Å². The van der Waals surface area contributed by atoms with Crippen LogP contribution in [0, 0.1) is 11.8 Å². The first-order valence-corrected chi connectivity index (χ1v) is 9.81. The Kier molecular flexibility index (Phi) is 3.48. The third-order valence-corrected chi connectivity index (χ3v) is 6.53. The van der Waals surface area contributed by atoms with Gasteiger partial charge >= 0.3 is 0 Å². The maximum absolute atomic E-state index is 13.1. The summed E-state index contributed by atoms with van der Waals surface area (Å²) in [4.78, 5) is 27.0. The maximum atomic E-state index is 13.1. The molecular formula is C23H23NO3. The van der Waals surface area contributed by atoms with Crippen LogP contribution in [0.15, 0.2) is 42.5 Å². The van der Waals surface area contributed by atoms with Crippen molar-refractivity contribution >= 4 is 28.2 Å². The van der Waals surface area contributed by atoms with Gasteiger partial charge in [-0.25, -0.2) is 0 Å². The summed E-state index contributed by atoms with van der Waals surface area (Å²) in [6, 6.07) is 12.4. The summed E-state index contributed by atoms with van der Waals surface area (Å²) in [6.45, 7) is 2.14. The van der Waals surface area contributed by atoms with Gasteiger partial charge in [0.1, 0.15) is 11.4 Å². The quantitative estimate of drug-likeness (QED) is 0.771. The zero-order valence-electron chi connectivity index (χ0n) is 15.7. The van der Waals surface area contributed by atoms with Crippen LogP contribution in [0.5, 0.6) is 5.75 Å². The molecule has 0 radical (unpaired) electrons. The van der Waals surface area contributed by atoms with Crippen molar-refractivity contribution in [3.05, 3.63) is 48.0 Å². The van der Waals surface area contributed by atoms with Gasteiger partial charge in [-0.05, 0) is 36.1 Å². The summed E-state index contributed by atoms with van der Waals surface area (Å²) in [6.07, 6.45) is 5.50. The molecular weight excluding hydrogens is 338 g/mol. The maximum Gasteiger partial charge on any atom is 0.237 e. The van der Waals surface area contributed by atoms with Crippen LogP contribution in [0.25, 0.3) is 16.3 Å². The number of imide groups is 1. The highest BCUT2D eigenvalue weighted by Crippen LogP contribution is 2.58. The molecule has 4 nitrogen and oxygen atoms in total. The second-order valence-corrected chi connectivity index (χ2v) is 7.93. The number of hydrogen-bond donors (Lipinski definition) is 0. The van der Waals surface area contributed by atoms with Gasteiger partial charge in [0.25, 0.3) is 0 Å². The van der Waals surface area contributed by atoms with E-state index >= 15 is 0 Å². The first kappa shape index (κ1) is 16.5. The molecule has 1 fully saturated rings. The number of ether oxygens (including phenoxy) is 1. The van der Waals surface area contributed by atoms with Gasteiger partial charge in [0.05, 0.1) is 11.8 Å². The van der Waals surface area contributed by atoms with E-state index in [0.717, 1.165) is 41.5 Å². The fraction of sp³-hybridized carbons (Fsp3) is 0.391. The second-order valence-electron chi connectivity index (χ2n) is 7.93. The van der Waals surface area contributed by atoms with Crippen molar-refractivity contribution < 1.29 is 14.3 Å². The largest absolute Gasteiger partial charge is 0.481 e. The Morgan fingerprint density at radius 1 is 1.15 bits per heavy atom. The Balaban J connectivity index is 1.74. The smallest absolute Gasteiger partial charge is 0.237 e. The van der Waals surface area contributed by atoms with E-state index in [4.69, 9.17) is 4.74 Å². The Labute approximate surface area is 158 Å². The van der Waals surface area contributed by atoms with Crippen LogP contribution in [0.2, 0.25) is 0 Å². The molecule has 4 heteroatoms. The number of unbranched alkanes of at least 4 members (excludes halogenated alkanes) is 1. The van der Waals surface area contributed by atoms with Crippen LogP contribution in [0.3, 0.4) is 0 Å². The van der Waals surface area contributed by atoms with Crippen LogP contribution < -0.4 is 4.74 Å². The van der Waals surface area contributed by atoms with Crippen molar-refractivity contribution in [1.82, 2.24) is 4.90 Å². The Morgan fingerprint density at radius 3 is 2.78 bits per heavy atom. The van der Waals surface area contributed by atoms with Crippen LogP contribution in [0.1, 0.15) is 38.2 Å². The Bertz CT molecular complexity index is 1010. The summed E-state index contributed by atoms with van der Waals surface area (Å²) >= 11 is 0. The zero-order chi connectivity index (χ0) is 18.8. The summed E-state index contributed by atoms with van der Waals surface area (Å²) in [5.74, 6) is -0.0488. The van der Waals surface area contributed by atoms with E-state index in [1.165, 1.54) is 10.3 Å². The Morgan fingerprint density at radius 2 is 1.96 bits per heavy atom. The van der Waals surface area contributed by atoms with Gasteiger partial charge in [-0.3, -0.25) is 14.5 Å². The van der Waals surface area contributed by atoms with E-state index in [9.17, 15) is 9.59 Å². The monoisotopic (exact) mass is 361 g/mol. The molecule has 27 heavy (non-hydrogen) atoms. The third kappa shape index (κ3) is 2.04. The van der Waals surface area contributed by atoms with Crippen LogP contribution in [-0.4, -0.2) is 29.4 Å². The molecule has 2 heterocycles. The average molecular weight is 361 g/mol. The second kappa shape index (κ2) is 5.69. The minimum absolute atomic E-state index is 0.0689. The minimum atomic E-state index is -0.719. The molecule has 0 bridgehead atoms. The first-order chi connectivity index (χ1) is 13.1. The van der Waals surface area contributed by atoms with E-state index in [0.29, 0.717) is 6.42 Å². The van der Waals surface area contributed by atoms with Crippen molar-refractivity contribution in [2.75, 3.05) is 7.05 Å². The molecule has 0 spiro atoms. The highest BCUT2D eigenvalue weighted by molar-refractivity contribution is 6.09. The predicted octanol–water partition coefficient (Wildman–Crippen LogP) is 4.18. The number of nitrogens with zero attached hydrogens (tertiary/aromatic N) is 1. The molecule has 0 unspecified atom stereocenters. The number of carbonyl (C=O) groups excluding carboxylic acids is 2. The van der Waals surface area contributed by atoms with Crippen molar-refractivity contribution in [3.63, 3.8) is 0 Å². The standard InChI is InChI=1S/C23H23NO3/c1-3-4-13-23-17(11-10-16-20(23)22(26)24(2)21(16)25)19-15-8-6-5-7-14(15)9-12-18(19)27-23/h5-9,11-12,16,20H,3-4,10,13H2,1-2H3/t16-,20+,23+/m1/s1. The summed E-state index contributed by atoms with van der Waals surface area (Å²) in [5, 5.41) is 2.32. The van der Waals surface area contributed by atoms with Gasteiger partial charge in [0.2, 0.25) is 11.8 Å². The molecule has 3 atom stereocenters. The van der Waals surface area contributed by atoms with E-state index < -0.39 is 11.5 Å². The predicted molar refractivity (Wildman–Crippen MR) is 104 cm³/mol. The molecule has 2 amide bonds. The molecule has 3 aliphatic rings. The van der Waals surface area contributed by atoms with Crippen molar-refractivity contribution in [2.24, 2.45) is 11.8 Å². The number of hydrogen-bond acceptors (Lipinski definition) is 3. The number of carbonyl (C=O) groups is 2. The van der Waals surface area contributed by atoms with E-state index in [-0.39, 0.29) is 17.7 Å². The summed E-state index contributed by atoms with van der Waals surface area (Å²) < 4.78 is 6.62. The highest BCUT2D eigenvalue weighted by atomic mass is 16.5. The van der Waals surface area contributed by atoms with Crippen LogP contribution >= 0.6 is 0 Å².